The molecule has 29 heavy (non-hydrogen) atoms. The number of nitrogens with one attached hydrogen (secondary N) is 1. The van der Waals surface area contributed by atoms with E-state index < -0.39 is 18.5 Å². The molecular formula is C23H21NO4S. The Kier molecular flexibility index (Phi) is 6.57. The van der Waals surface area contributed by atoms with Crippen molar-refractivity contribution >= 4 is 29.0 Å². The summed E-state index contributed by atoms with van der Waals surface area (Å²) < 4.78 is 5.17. The second-order valence-electron chi connectivity index (χ2n) is 6.57. The fourth-order valence-electron chi connectivity index (χ4n) is 3.04. The first-order valence-corrected chi connectivity index (χ1v) is 10.0. The molecule has 0 radical (unpaired) electrons. The van der Waals surface area contributed by atoms with Gasteiger partial charge in [-0.05, 0) is 42.5 Å². The van der Waals surface area contributed by atoms with Crippen molar-refractivity contribution in [3.05, 3.63) is 93.2 Å². The number of rotatable bonds is 7. The lowest BCUT2D eigenvalue weighted by Gasteiger charge is -2.16. The quantitative estimate of drug-likeness (QED) is 0.468. The summed E-state index contributed by atoms with van der Waals surface area (Å²) >= 11 is 1.30. The van der Waals surface area contributed by atoms with Crippen LogP contribution in [-0.4, -0.2) is 24.3 Å². The molecule has 2 aromatic carbocycles. The molecule has 5 nitrogen and oxygen atoms in total. The topological polar surface area (TPSA) is 72.5 Å². The first-order chi connectivity index (χ1) is 14.0. The van der Waals surface area contributed by atoms with Crippen LogP contribution in [0.5, 0.6) is 0 Å². The smallest absolute Gasteiger partial charge is 0.339 e. The average Bonchev–Trinajstić information content (AvgIpc) is 3.26. The molecule has 0 saturated heterocycles. The molecule has 0 spiro atoms. The van der Waals surface area contributed by atoms with Gasteiger partial charge < -0.3 is 10.1 Å². The predicted molar refractivity (Wildman–Crippen MR) is 112 cm³/mol. The first-order valence-electron chi connectivity index (χ1n) is 9.16. The highest BCUT2D eigenvalue weighted by atomic mass is 32.1. The molecule has 0 fully saturated rings. The summed E-state index contributed by atoms with van der Waals surface area (Å²) in [6.07, 6.45) is 0. The largest absolute Gasteiger partial charge is 0.452 e. The third-order valence-corrected chi connectivity index (χ3v) is 5.37. The van der Waals surface area contributed by atoms with E-state index in [4.69, 9.17) is 4.74 Å². The number of amides is 1. The van der Waals surface area contributed by atoms with Gasteiger partial charge in [0.1, 0.15) is 0 Å². The standard InChI is InChI=1S/C23H21NO4S/c1-15-8-3-4-9-17(15)16(2)24-21(25)14-28-23(27)19-11-6-5-10-18(19)22(26)20-12-7-13-29-20/h3-13,16H,14H2,1-2H3,(H,24,25)/t16-/m0/s1. The molecule has 1 atom stereocenters. The highest BCUT2D eigenvalue weighted by Gasteiger charge is 2.21. The van der Waals surface area contributed by atoms with Gasteiger partial charge in [-0.2, -0.15) is 0 Å². The molecule has 6 heteroatoms. The van der Waals surface area contributed by atoms with E-state index in [-0.39, 0.29) is 23.0 Å². The molecular weight excluding hydrogens is 386 g/mol. The maximum absolute atomic E-state index is 12.6. The second-order valence-corrected chi connectivity index (χ2v) is 7.52. The molecule has 1 N–H and O–H groups in total. The number of ketones is 1. The number of carbonyl (C=O) groups excluding carboxylic acids is 3. The predicted octanol–water partition coefficient (Wildman–Crippen LogP) is 4.32. The van der Waals surface area contributed by atoms with E-state index >= 15 is 0 Å². The van der Waals surface area contributed by atoms with Crippen molar-refractivity contribution < 1.29 is 19.1 Å². The number of benzene rings is 2. The molecule has 0 aliphatic rings. The maximum atomic E-state index is 12.6. The number of hydrogen-bond acceptors (Lipinski definition) is 5. The molecule has 0 aliphatic carbocycles. The molecule has 0 bridgehead atoms. The van der Waals surface area contributed by atoms with Gasteiger partial charge in [-0.25, -0.2) is 4.79 Å². The summed E-state index contributed by atoms with van der Waals surface area (Å²) in [5, 5.41) is 4.62. The highest BCUT2D eigenvalue weighted by Crippen LogP contribution is 2.19. The van der Waals surface area contributed by atoms with Crippen LogP contribution >= 0.6 is 11.3 Å². The SMILES string of the molecule is Cc1ccccc1[C@H](C)NC(=O)COC(=O)c1ccccc1C(=O)c1cccs1. The summed E-state index contributed by atoms with van der Waals surface area (Å²) in [5.74, 6) is -1.36. The van der Waals surface area contributed by atoms with Crippen molar-refractivity contribution in [2.75, 3.05) is 6.61 Å². The second kappa shape index (κ2) is 9.30. The lowest BCUT2D eigenvalue weighted by Crippen LogP contribution is -2.31. The molecule has 0 unspecified atom stereocenters. The van der Waals surface area contributed by atoms with Gasteiger partial charge >= 0.3 is 5.97 Å². The number of aryl methyl sites for hydroxylation is 1. The Morgan fingerprint density at radius 1 is 0.966 bits per heavy atom. The molecule has 1 amide bonds. The molecule has 1 aromatic heterocycles. The van der Waals surface area contributed by atoms with Crippen LogP contribution in [0.1, 0.15) is 49.7 Å². The van der Waals surface area contributed by atoms with Gasteiger partial charge in [0.15, 0.2) is 6.61 Å². The van der Waals surface area contributed by atoms with Crippen LogP contribution in [0.25, 0.3) is 0 Å². The number of thiophene rings is 1. The Balaban J connectivity index is 1.63. The van der Waals surface area contributed by atoms with Gasteiger partial charge in [-0.1, -0.05) is 48.5 Å². The van der Waals surface area contributed by atoms with E-state index in [1.807, 2.05) is 38.1 Å². The third kappa shape index (κ3) is 4.97. The maximum Gasteiger partial charge on any atom is 0.339 e. The fourth-order valence-corrected chi connectivity index (χ4v) is 3.72. The summed E-state index contributed by atoms with van der Waals surface area (Å²) in [4.78, 5) is 37.9. The summed E-state index contributed by atoms with van der Waals surface area (Å²) in [6, 6.07) is 17.5. The number of hydrogen-bond donors (Lipinski definition) is 1. The van der Waals surface area contributed by atoms with Crippen molar-refractivity contribution in [3.8, 4) is 0 Å². The van der Waals surface area contributed by atoms with E-state index in [1.165, 1.54) is 17.4 Å². The van der Waals surface area contributed by atoms with E-state index in [0.717, 1.165) is 11.1 Å². The summed E-state index contributed by atoms with van der Waals surface area (Å²) in [6.45, 7) is 3.42. The van der Waals surface area contributed by atoms with Crippen LogP contribution in [0, 0.1) is 6.92 Å². The van der Waals surface area contributed by atoms with Crippen LogP contribution in [0.3, 0.4) is 0 Å². The number of carbonyl (C=O) groups is 3. The monoisotopic (exact) mass is 407 g/mol. The van der Waals surface area contributed by atoms with Crippen LogP contribution in [-0.2, 0) is 9.53 Å². The van der Waals surface area contributed by atoms with Gasteiger partial charge in [0.2, 0.25) is 5.78 Å². The van der Waals surface area contributed by atoms with E-state index in [9.17, 15) is 14.4 Å². The van der Waals surface area contributed by atoms with Crippen molar-refractivity contribution in [1.82, 2.24) is 5.32 Å². The van der Waals surface area contributed by atoms with E-state index in [1.54, 1.807) is 35.7 Å². The van der Waals surface area contributed by atoms with Crippen LogP contribution < -0.4 is 5.32 Å². The minimum atomic E-state index is -0.704. The Hall–Kier alpha value is -3.25. The molecule has 3 aromatic rings. The zero-order chi connectivity index (χ0) is 20.8. The minimum Gasteiger partial charge on any atom is -0.452 e. The van der Waals surface area contributed by atoms with Crippen molar-refractivity contribution in [3.63, 3.8) is 0 Å². The van der Waals surface area contributed by atoms with Gasteiger partial charge in [0.05, 0.1) is 16.5 Å². The fraction of sp³-hybridized carbons (Fsp3) is 0.174. The van der Waals surface area contributed by atoms with Gasteiger partial charge in [0, 0.05) is 5.56 Å². The Bertz CT molecular complexity index is 1030. The molecule has 0 aliphatic heterocycles. The van der Waals surface area contributed by atoms with Gasteiger partial charge in [-0.15, -0.1) is 11.3 Å². The lowest BCUT2D eigenvalue weighted by atomic mass is 10.0. The summed E-state index contributed by atoms with van der Waals surface area (Å²) in [7, 11) is 0. The third-order valence-electron chi connectivity index (χ3n) is 4.50. The van der Waals surface area contributed by atoms with Crippen molar-refractivity contribution in [1.29, 1.82) is 0 Å². The van der Waals surface area contributed by atoms with Crippen LogP contribution in [0.2, 0.25) is 0 Å². The van der Waals surface area contributed by atoms with Gasteiger partial charge in [-0.3, -0.25) is 9.59 Å². The molecule has 3 rings (SSSR count). The molecule has 148 valence electrons. The first kappa shape index (κ1) is 20.5. The lowest BCUT2D eigenvalue weighted by molar-refractivity contribution is -0.124. The zero-order valence-electron chi connectivity index (χ0n) is 16.2. The number of ether oxygens (including phenoxy) is 1. The average molecular weight is 407 g/mol. The van der Waals surface area contributed by atoms with Gasteiger partial charge in [0.25, 0.3) is 5.91 Å². The highest BCUT2D eigenvalue weighted by molar-refractivity contribution is 7.12. The van der Waals surface area contributed by atoms with Crippen molar-refractivity contribution in [2.24, 2.45) is 0 Å². The number of esters is 1. The zero-order valence-corrected chi connectivity index (χ0v) is 17.0. The molecule has 0 saturated carbocycles. The Morgan fingerprint density at radius 2 is 1.66 bits per heavy atom. The van der Waals surface area contributed by atoms with E-state index in [2.05, 4.69) is 5.32 Å². The molecule has 1 heterocycles. The summed E-state index contributed by atoms with van der Waals surface area (Å²) in [5.41, 5.74) is 2.47. The Labute approximate surface area is 173 Å². The normalized spacial score (nSPS) is 11.5. The van der Waals surface area contributed by atoms with Crippen molar-refractivity contribution in [2.45, 2.75) is 19.9 Å². The minimum absolute atomic E-state index is 0.144. The van der Waals surface area contributed by atoms with Crippen LogP contribution in [0.15, 0.2) is 66.0 Å². The van der Waals surface area contributed by atoms with E-state index in [0.29, 0.717) is 4.88 Å². The van der Waals surface area contributed by atoms with Crippen LogP contribution in [0.4, 0.5) is 0 Å². The Morgan fingerprint density at radius 3 is 2.34 bits per heavy atom.